The van der Waals surface area contributed by atoms with Crippen LogP contribution in [-0.4, -0.2) is 26.5 Å². The van der Waals surface area contributed by atoms with E-state index in [2.05, 4.69) is 66.6 Å². The van der Waals surface area contributed by atoms with Crippen LogP contribution < -0.4 is 15.8 Å². The second-order valence-corrected chi connectivity index (χ2v) is 8.38. The van der Waals surface area contributed by atoms with Gasteiger partial charge in [-0.1, -0.05) is 30.3 Å². The summed E-state index contributed by atoms with van der Waals surface area (Å²) in [4.78, 5) is 30.7. The molecule has 166 valence electrons. The van der Waals surface area contributed by atoms with Crippen LogP contribution in [-0.2, 0) is 19.5 Å². The standard InChI is InChI=1S/C26H26N6O/c1-17-18(2)30-25(31-26(17)33)21-8-9-23(28-15-21)27-13-19-7-10-24(29-14-19)32-12-11-20-5-3-4-6-22(20)16-32/h3-10,14-15H,11-13,16H2,1-2H3,(H,27,28)(H,30,31,33). The van der Waals surface area contributed by atoms with Crippen LogP contribution in [0.25, 0.3) is 11.4 Å². The Morgan fingerprint density at radius 3 is 2.58 bits per heavy atom. The molecule has 7 heteroatoms. The third kappa shape index (κ3) is 4.48. The molecule has 0 saturated carbocycles. The highest BCUT2D eigenvalue weighted by Gasteiger charge is 2.16. The lowest BCUT2D eigenvalue weighted by atomic mass is 10.00. The number of aromatic nitrogens is 4. The Morgan fingerprint density at radius 1 is 1.00 bits per heavy atom. The van der Waals surface area contributed by atoms with Crippen molar-refractivity contribution in [2.24, 2.45) is 0 Å². The third-order valence-electron chi connectivity index (χ3n) is 6.17. The molecule has 33 heavy (non-hydrogen) atoms. The van der Waals surface area contributed by atoms with Gasteiger partial charge in [-0.25, -0.2) is 15.0 Å². The SMILES string of the molecule is Cc1nc(-c2ccc(NCc3ccc(N4CCc5ccccc5C4)nc3)nc2)[nH]c(=O)c1C. The number of hydrogen-bond acceptors (Lipinski definition) is 6. The van der Waals surface area contributed by atoms with Crippen molar-refractivity contribution in [3.8, 4) is 11.4 Å². The quantitative estimate of drug-likeness (QED) is 0.489. The monoisotopic (exact) mass is 438 g/mol. The van der Waals surface area contributed by atoms with Crippen LogP contribution in [0.2, 0.25) is 0 Å². The molecule has 4 aromatic rings. The first-order valence-electron chi connectivity index (χ1n) is 11.1. The lowest BCUT2D eigenvalue weighted by molar-refractivity contribution is 0.720. The van der Waals surface area contributed by atoms with Crippen LogP contribution in [0, 0.1) is 13.8 Å². The smallest absolute Gasteiger partial charge is 0.254 e. The number of aryl methyl sites for hydroxylation is 1. The zero-order valence-corrected chi connectivity index (χ0v) is 18.8. The number of anilines is 2. The molecule has 0 bridgehead atoms. The van der Waals surface area contributed by atoms with Crippen LogP contribution in [0.15, 0.2) is 65.7 Å². The summed E-state index contributed by atoms with van der Waals surface area (Å²) in [6.07, 6.45) is 4.68. The van der Waals surface area contributed by atoms with E-state index in [0.29, 0.717) is 17.9 Å². The number of nitrogens with zero attached hydrogens (tertiary/aromatic N) is 4. The highest BCUT2D eigenvalue weighted by atomic mass is 16.1. The van der Waals surface area contributed by atoms with Crippen molar-refractivity contribution < 1.29 is 0 Å². The number of benzene rings is 1. The van der Waals surface area contributed by atoms with Crippen molar-refractivity contribution in [3.05, 3.63) is 99.2 Å². The molecule has 0 amide bonds. The van der Waals surface area contributed by atoms with E-state index in [9.17, 15) is 4.79 Å². The molecule has 0 radical (unpaired) electrons. The van der Waals surface area contributed by atoms with Crippen molar-refractivity contribution in [3.63, 3.8) is 0 Å². The molecule has 0 aliphatic carbocycles. The molecule has 0 unspecified atom stereocenters. The molecule has 0 saturated heterocycles. The van der Waals surface area contributed by atoms with E-state index in [1.165, 1.54) is 11.1 Å². The number of fused-ring (bicyclic) bond motifs is 1. The molecule has 1 aliphatic rings. The van der Waals surface area contributed by atoms with Crippen LogP contribution in [0.4, 0.5) is 11.6 Å². The summed E-state index contributed by atoms with van der Waals surface area (Å²) in [7, 11) is 0. The lowest BCUT2D eigenvalue weighted by Gasteiger charge is -2.29. The predicted octanol–water partition coefficient (Wildman–Crippen LogP) is 4.02. The van der Waals surface area contributed by atoms with E-state index in [1.54, 1.807) is 13.1 Å². The predicted molar refractivity (Wildman–Crippen MR) is 130 cm³/mol. The maximum absolute atomic E-state index is 12.0. The van der Waals surface area contributed by atoms with Crippen LogP contribution in [0.1, 0.15) is 27.9 Å². The Morgan fingerprint density at radius 2 is 1.85 bits per heavy atom. The number of pyridine rings is 2. The second-order valence-electron chi connectivity index (χ2n) is 8.38. The van der Waals surface area contributed by atoms with Crippen molar-refractivity contribution in [2.75, 3.05) is 16.8 Å². The molecule has 4 heterocycles. The molecule has 3 aromatic heterocycles. The van der Waals surface area contributed by atoms with Gasteiger partial charge in [-0.2, -0.15) is 0 Å². The Kier molecular flexibility index (Phi) is 5.60. The van der Waals surface area contributed by atoms with Gasteiger partial charge in [0.15, 0.2) is 0 Å². The van der Waals surface area contributed by atoms with Gasteiger partial charge in [0.25, 0.3) is 5.56 Å². The summed E-state index contributed by atoms with van der Waals surface area (Å²) in [5.41, 5.74) is 5.91. The molecule has 0 fully saturated rings. The van der Waals surface area contributed by atoms with E-state index < -0.39 is 0 Å². The highest BCUT2D eigenvalue weighted by Crippen LogP contribution is 2.23. The molecule has 7 nitrogen and oxygen atoms in total. The average Bonchev–Trinajstić information content (AvgIpc) is 2.86. The number of H-pyrrole nitrogens is 1. The van der Waals surface area contributed by atoms with Gasteiger partial charge in [0.05, 0.1) is 0 Å². The molecular weight excluding hydrogens is 412 g/mol. The topological polar surface area (TPSA) is 86.8 Å². The minimum Gasteiger partial charge on any atom is -0.366 e. The Labute approximate surface area is 192 Å². The van der Waals surface area contributed by atoms with E-state index in [0.717, 1.165) is 48.0 Å². The summed E-state index contributed by atoms with van der Waals surface area (Å²) >= 11 is 0. The molecule has 1 aromatic carbocycles. The van der Waals surface area contributed by atoms with E-state index >= 15 is 0 Å². The fraction of sp³-hybridized carbons (Fsp3) is 0.231. The highest BCUT2D eigenvalue weighted by molar-refractivity contribution is 5.56. The van der Waals surface area contributed by atoms with Crippen LogP contribution >= 0.6 is 0 Å². The molecular formula is C26H26N6O. The van der Waals surface area contributed by atoms with Gasteiger partial charge >= 0.3 is 0 Å². The first kappa shape index (κ1) is 20.9. The number of nitrogens with one attached hydrogen (secondary N) is 2. The van der Waals surface area contributed by atoms with Gasteiger partial charge in [-0.3, -0.25) is 4.79 Å². The summed E-state index contributed by atoms with van der Waals surface area (Å²) in [5, 5.41) is 3.33. The van der Waals surface area contributed by atoms with Crippen molar-refractivity contribution in [1.29, 1.82) is 0 Å². The molecule has 0 atom stereocenters. The summed E-state index contributed by atoms with van der Waals surface area (Å²) < 4.78 is 0. The fourth-order valence-corrected chi connectivity index (χ4v) is 4.01. The zero-order chi connectivity index (χ0) is 22.8. The minimum absolute atomic E-state index is 0.121. The Bertz CT molecular complexity index is 1330. The van der Waals surface area contributed by atoms with Crippen molar-refractivity contribution in [1.82, 2.24) is 19.9 Å². The van der Waals surface area contributed by atoms with Gasteiger partial charge in [0.2, 0.25) is 0 Å². The van der Waals surface area contributed by atoms with Gasteiger partial charge in [0, 0.05) is 48.8 Å². The molecule has 2 N–H and O–H groups in total. The summed E-state index contributed by atoms with van der Waals surface area (Å²) in [6.45, 7) is 6.11. The van der Waals surface area contributed by atoms with E-state index in [-0.39, 0.29) is 5.56 Å². The number of aromatic amines is 1. The molecule has 1 aliphatic heterocycles. The van der Waals surface area contributed by atoms with Crippen molar-refractivity contribution >= 4 is 11.6 Å². The summed E-state index contributed by atoms with van der Waals surface area (Å²) in [6, 6.07) is 16.6. The van der Waals surface area contributed by atoms with Gasteiger partial charge in [0.1, 0.15) is 17.5 Å². The number of hydrogen-bond donors (Lipinski definition) is 2. The number of rotatable bonds is 5. The Balaban J connectivity index is 1.21. The molecule has 5 rings (SSSR count). The average molecular weight is 439 g/mol. The summed E-state index contributed by atoms with van der Waals surface area (Å²) in [5.74, 6) is 2.29. The van der Waals surface area contributed by atoms with E-state index in [1.807, 2.05) is 25.3 Å². The Hall–Kier alpha value is -4.00. The zero-order valence-electron chi connectivity index (χ0n) is 18.8. The van der Waals surface area contributed by atoms with Gasteiger partial charge in [-0.05, 0) is 55.2 Å². The molecule has 0 spiro atoms. The first-order valence-corrected chi connectivity index (χ1v) is 11.1. The lowest BCUT2D eigenvalue weighted by Crippen LogP contribution is -2.30. The first-order chi connectivity index (χ1) is 16.1. The second kappa shape index (κ2) is 8.86. The van der Waals surface area contributed by atoms with Gasteiger partial charge < -0.3 is 15.2 Å². The fourth-order valence-electron chi connectivity index (χ4n) is 4.01. The maximum atomic E-state index is 12.0. The van der Waals surface area contributed by atoms with Crippen LogP contribution in [0.5, 0.6) is 0 Å². The van der Waals surface area contributed by atoms with Crippen molar-refractivity contribution in [2.45, 2.75) is 33.4 Å². The van der Waals surface area contributed by atoms with Gasteiger partial charge in [-0.15, -0.1) is 0 Å². The largest absolute Gasteiger partial charge is 0.366 e. The maximum Gasteiger partial charge on any atom is 0.254 e. The van der Waals surface area contributed by atoms with Crippen LogP contribution in [0.3, 0.4) is 0 Å². The third-order valence-corrected chi connectivity index (χ3v) is 6.17. The van der Waals surface area contributed by atoms with E-state index in [4.69, 9.17) is 0 Å². The normalized spacial score (nSPS) is 13.0. The minimum atomic E-state index is -0.121.